The van der Waals surface area contributed by atoms with Crippen molar-refractivity contribution in [1.82, 2.24) is 4.98 Å². The maximum Gasteiger partial charge on any atom is 0.135 e. The summed E-state index contributed by atoms with van der Waals surface area (Å²) in [6, 6.07) is 2.79. The lowest BCUT2D eigenvalue weighted by atomic mass is 9.98. The molecule has 0 aromatic carbocycles. The van der Waals surface area contributed by atoms with Crippen LogP contribution in [-0.4, -0.2) is 33.4 Å². The Bertz CT molecular complexity index is 475. The smallest absolute Gasteiger partial charge is 0.135 e. The van der Waals surface area contributed by atoms with Gasteiger partial charge in [0, 0.05) is 23.3 Å². The molecule has 2 bridgehead atoms. The van der Waals surface area contributed by atoms with Crippen LogP contribution in [0.2, 0.25) is 0 Å². The van der Waals surface area contributed by atoms with Crippen molar-refractivity contribution in [2.45, 2.75) is 64.3 Å². The van der Waals surface area contributed by atoms with Gasteiger partial charge in [0.1, 0.15) is 5.82 Å². The lowest BCUT2D eigenvalue weighted by Gasteiger charge is -2.39. The van der Waals surface area contributed by atoms with Gasteiger partial charge in [0.25, 0.3) is 0 Å². The van der Waals surface area contributed by atoms with Gasteiger partial charge in [-0.3, -0.25) is 0 Å². The fourth-order valence-corrected chi connectivity index (χ4v) is 3.75. The van der Waals surface area contributed by atoms with Gasteiger partial charge in [-0.15, -0.1) is 0 Å². The van der Waals surface area contributed by atoms with E-state index in [1.807, 2.05) is 19.9 Å². The summed E-state index contributed by atoms with van der Waals surface area (Å²) in [5.41, 5.74) is 3.05. The van der Waals surface area contributed by atoms with Crippen LogP contribution >= 0.6 is 0 Å². The molecule has 0 amide bonds. The van der Waals surface area contributed by atoms with Crippen molar-refractivity contribution < 1.29 is 10.2 Å². The Balaban J connectivity index is 2.03. The zero-order chi connectivity index (χ0) is 13.6. The first kappa shape index (κ1) is 12.9. The van der Waals surface area contributed by atoms with Crippen LogP contribution in [0.3, 0.4) is 0 Å². The van der Waals surface area contributed by atoms with E-state index in [9.17, 15) is 10.2 Å². The first-order chi connectivity index (χ1) is 9.10. The molecule has 0 saturated carbocycles. The molecular weight excluding hydrogens is 240 g/mol. The second-order valence-electron chi connectivity index (χ2n) is 5.96. The average Bonchev–Trinajstić information content (AvgIpc) is 2.60. The lowest BCUT2D eigenvalue weighted by Crippen LogP contribution is -2.45. The van der Waals surface area contributed by atoms with E-state index in [1.165, 1.54) is 0 Å². The van der Waals surface area contributed by atoms with Gasteiger partial charge in [-0.25, -0.2) is 4.98 Å². The van der Waals surface area contributed by atoms with Crippen molar-refractivity contribution >= 4 is 5.82 Å². The van der Waals surface area contributed by atoms with Gasteiger partial charge in [0.05, 0.1) is 12.7 Å². The van der Waals surface area contributed by atoms with Crippen LogP contribution in [0.25, 0.3) is 0 Å². The molecule has 104 valence electrons. The van der Waals surface area contributed by atoms with E-state index in [2.05, 4.69) is 9.88 Å². The Kier molecular flexibility index (Phi) is 3.23. The zero-order valence-electron chi connectivity index (χ0n) is 11.6. The van der Waals surface area contributed by atoms with E-state index in [0.717, 1.165) is 48.3 Å². The van der Waals surface area contributed by atoms with Gasteiger partial charge < -0.3 is 15.1 Å². The Morgan fingerprint density at radius 2 is 1.89 bits per heavy atom. The second kappa shape index (κ2) is 4.76. The lowest BCUT2D eigenvalue weighted by molar-refractivity contribution is 0.126. The number of hydrogen-bond acceptors (Lipinski definition) is 4. The van der Waals surface area contributed by atoms with Crippen molar-refractivity contribution in [3.8, 4) is 0 Å². The molecule has 1 aromatic rings. The van der Waals surface area contributed by atoms with Gasteiger partial charge in [-0.05, 0) is 51.2 Å². The number of hydrogen-bond donors (Lipinski definition) is 2. The van der Waals surface area contributed by atoms with Crippen LogP contribution in [0.5, 0.6) is 0 Å². The molecule has 2 aliphatic rings. The highest BCUT2D eigenvalue weighted by molar-refractivity contribution is 5.54. The summed E-state index contributed by atoms with van der Waals surface area (Å²) in [5, 5.41) is 19.5. The molecule has 2 N–H and O–H groups in total. The monoisotopic (exact) mass is 262 g/mol. The van der Waals surface area contributed by atoms with Gasteiger partial charge in [-0.2, -0.15) is 0 Å². The molecule has 2 saturated heterocycles. The molecule has 0 spiro atoms. The molecule has 4 heteroatoms. The number of anilines is 1. The third-order valence-electron chi connectivity index (χ3n) is 4.56. The minimum atomic E-state index is -0.169. The molecule has 3 rings (SSSR count). The molecule has 2 fully saturated rings. The standard InChI is InChI=1S/C15H22N2O2/c1-9-5-10(2)16-15(14(9)8-18)17-11-3-4-12(17)7-13(19)6-11/h5,11-13,18-19H,3-4,6-8H2,1-2H3. The molecule has 4 nitrogen and oxygen atoms in total. The van der Waals surface area contributed by atoms with Crippen molar-refractivity contribution in [3.63, 3.8) is 0 Å². The first-order valence-corrected chi connectivity index (χ1v) is 7.14. The average molecular weight is 262 g/mol. The molecule has 3 heterocycles. The molecule has 0 radical (unpaired) electrons. The SMILES string of the molecule is Cc1cc(C)c(CO)c(N2C3CCC2CC(O)C3)n1. The van der Waals surface area contributed by atoms with E-state index in [-0.39, 0.29) is 12.7 Å². The summed E-state index contributed by atoms with van der Waals surface area (Å²) in [7, 11) is 0. The fourth-order valence-electron chi connectivity index (χ4n) is 3.75. The number of piperidine rings is 1. The maximum atomic E-state index is 9.89. The highest BCUT2D eigenvalue weighted by Gasteiger charge is 2.41. The Hall–Kier alpha value is -1.13. The topological polar surface area (TPSA) is 56.6 Å². The summed E-state index contributed by atoms with van der Waals surface area (Å²) < 4.78 is 0. The molecular formula is C15H22N2O2. The summed E-state index contributed by atoms with van der Waals surface area (Å²) in [6.45, 7) is 4.07. The summed E-state index contributed by atoms with van der Waals surface area (Å²) >= 11 is 0. The van der Waals surface area contributed by atoms with Gasteiger partial charge in [0.2, 0.25) is 0 Å². The van der Waals surface area contributed by atoms with Crippen molar-refractivity contribution in [3.05, 3.63) is 22.9 Å². The number of aromatic nitrogens is 1. The summed E-state index contributed by atoms with van der Waals surface area (Å²) in [5.74, 6) is 0.944. The molecule has 1 aromatic heterocycles. The number of rotatable bonds is 2. The van der Waals surface area contributed by atoms with Crippen LogP contribution in [-0.2, 0) is 6.61 Å². The van der Waals surface area contributed by atoms with Crippen LogP contribution in [0, 0.1) is 13.8 Å². The van der Waals surface area contributed by atoms with Crippen molar-refractivity contribution in [1.29, 1.82) is 0 Å². The summed E-state index contributed by atoms with van der Waals surface area (Å²) in [6.07, 6.45) is 3.74. The van der Waals surface area contributed by atoms with Gasteiger partial charge >= 0.3 is 0 Å². The third-order valence-corrected chi connectivity index (χ3v) is 4.56. The highest BCUT2D eigenvalue weighted by Crippen LogP contribution is 2.40. The second-order valence-corrected chi connectivity index (χ2v) is 5.96. The molecule has 0 aliphatic carbocycles. The number of nitrogens with zero attached hydrogens (tertiary/aromatic N) is 2. The zero-order valence-corrected chi connectivity index (χ0v) is 11.6. The number of aliphatic hydroxyl groups is 2. The minimum Gasteiger partial charge on any atom is -0.393 e. The molecule has 2 unspecified atom stereocenters. The van der Waals surface area contributed by atoms with Crippen molar-refractivity contribution in [2.24, 2.45) is 0 Å². The highest BCUT2D eigenvalue weighted by atomic mass is 16.3. The van der Waals surface area contributed by atoms with Gasteiger partial charge in [0.15, 0.2) is 0 Å². The number of fused-ring (bicyclic) bond motifs is 2. The maximum absolute atomic E-state index is 9.89. The summed E-state index contributed by atoms with van der Waals surface area (Å²) in [4.78, 5) is 7.04. The van der Waals surface area contributed by atoms with Crippen LogP contribution in [0.1, 0.15) is 42.5 Å². The third kappa shape index (κ3) is 2.13. The van der Waals surface area contributed by atoms with E-state index in [1.54, 1.807) is 0 Å². The van der Waals surface area contributed by atoms with Crippen LogP contribution in [0.15, 0.2) is 6.07 Å². The number of aryl methyl sites for hydroxylation is 2. The number of aliphatic hydroxyl groups excluding tert-OH is 2. The van der Waals surface area contributed by atoms with Crippen LogP contribution in [0.4, 0.5) is 5.82 Å². The van der Waals surface area contributed by atoms with E-state index >= 15 is 0 Å². The van der Waals surface area contributed by atoms with E-state index < -0.39 is 0 Å². The Labute approximate surface area is 114 Å². The first-order valence-electron chi connectivity index (χ1n) is 7.14. The number of pyridine rings is 1. The predicted octanol–water partition coefficient (Wildman–Crippen LogP) is 1.68. The molecule has 19 heavy (non-hydrogen) atoms. The fraction of sp³-hybridized carbons (Fsp3) is 0.667. The predicted molar refractivity (Wildman–Crippen MR) is 74.2 cm³/mol. The molecule has 2 aliphatic heterocycles. The quantitative estimate of drug-likeness (QED) is 0.851. The minimum absolute atomic E-state index is 0.0347. The Morgan fingerprint density at radius 3 is 2.47 bits per heavy atom. The molecule has 2 atom stereocenters. The van der Waals surface area contributed by atoms with E-state index in [0.29, 0.717) is 12.1 Å². The normalized spacial score (nSPS) is 29.9. The largest absolute Gasteiger partial charge is 0.393 e. The Morgan fingerprint density at radius 1 is 1.26 bits per heavy atom. The van der Waals surface area contributed by atoms with Crippen LogP contribution < -0.4 is 4.90 Å². The van der Waals surface area contributed by atoms with Crippen molar-refractivity contribution in [2.75, 3.05) is 4.90 Å². The van der Waals surface area contributed by atoms with E-state index in [4.69, 9.17) is 0 Å². The van der Waals surface area contributed by atoms with Gasteiger partial charge in [-0.1, -0.05) is 0 Å².